The Labute approximate surface area is 162 Å². The fraction of sp³-hybridized carbons (Fsp3) is 0.348. The first-order valence-electron chi connectivity index (χ1n) is 9.43. The van der Waals surface area contributed by atoms with Crippen molar-refractivity contribution < 1.29 is 9.59 Å². The summed E-state index contributed by atoms with van der Waals surface area (Å²) < 4.78 is 0. The highest BCUT2D eigenvalue weighted by atomic mass is 16.2. The van der Waals surface area contributed by atoms with Crippen molar-refractivity contribution in [3.8, 4) is 0 Å². The second kappa shape index (κ2) is 9.91. The topological polar surface area (TPSA) is 49.4 Å². The van der Waals surface area contributed by atoms with Crippen LogP contribution < -0.4 is 5.32 Å². The minimum Gasteiger partial charge on any atom is -0.351 e. The maximum absolute atomic E-state index is 12.5. The molecular weight excluding hydrogens is 336 g/mol. The summed E-state index contributed by atoms with van der Waals surface area (Å²) in [5.41, 5.74) is 5.39. The predicted molar refractivity (Wildman–Crippen MR) is 109 cm³/mol. The van der Waals surface area contributed by atoms with Gasteiger partial charge in [0.05, 0.1) is 6.54 Å². The Hall–Kier alpha value is -2.62. The Balaban J connectivity index is 1.79. The summed E-state index contributed by atoms with van der Waals surface area (Å²) in [6.45, 7) is 10.8. The van der Waals surface area contributed by atoms with Gasteiger partial charge in [-0.15, -0.1) is 0 Å². The molecule has 0 saturated carbocycles. The predicted octanol–water partition coefficient (Wildman–Crippen LogP) is 3.98. The molecule has 0 fully saturated rings. The zero-order chi connectivity index (χ0) is 19.8. The molecule has 0 atom stereocenters. The minimum atomic E-state index is -0.0745. The molecule has 0 spiro atoms. The molecule has 2 aromatic carbocycles. The third kappa shape index (κ3) is 6.55. The average molecular weight is 365 g/mol. The Morgan fingerprint density at radius 3 is 2.19 bits per heavy atom. The smallest absolute Gasteiger partial charge is 0.253 e. The molecule has 0 bridgehead atoms. The van der Waals surface area contributed by atoms with E-state index in [0.717, 1.165) is 5.56 Å². The summed E-state index contributed by atoms with van der Waals surface area (Å²) in [6.07, 6.45) is 0.975. The van der Waals surface area contributed by atoms with Gasteiger partial charge in [0.15, 0.2) is 0 Å². The van der Waals surface area contributed by atoms with E-state index in [-0.39, 0.29) is 18.2 Å². The minimum absolute atomic E-state index is 0.0375. The number of amides is 2. The summed E-state index contributed by atoms with van der Waals surface area (Å²) in [4.78, 5) is 26.4. The molecule has 0 unspecified atom stereocenters. The Kier molecular flexibility index (Phi) is 7.59. The van der Waals surface area contributed by atoms with Gasteiger partial charge in [-0.2, -0.15) is 0 Å². The maximum atomic E-state index is 12.5. The van der Waals surface area contributed by atoms with E-state index < -0.39 is 0 Å². The second-order valence-corrected chi connectivity index (χ2v) is 6.97. The van der Waals surface area contributed by atoms with Gasteiger partial charge in [0.1, 0.15) is 0 Å². The molecule has 143 valence electrons. The van der Waals surface area contributed by atoms with E-state index in [9.17, 15) is 9.59 Å². The molecule has 4 heteroatoms. The third-order valence-electron chi connectivity index (χ3n) is 4.46. The van der Waals surface area contributed by atoms with E-state index in [0.29, 0.717) is 25.1 Å². The zero-order valence-electron chi connectivity index (χ0n) is 16.7. The molecule has 1 radical (unpaired) electrons. The van der Waals surface area contributed by atoms with Gasteiger partial charge >= 0.3 is 0 Å². The van der Waals surface area contributed by atoms with Gasteiger partial charge < -0.3 is 10.2 Å². The highest BCUT2D eigenvalue weighted by Gasteiger charge is 2.15. The molecule has 2 aromatic rings. The normalized spacial score (nSPS) is 10.5. The average Bonchev–Trinajstić information content (AvgIpc) is 2.62. The Morgan fingerprint density at radius 2 is 1.59 bits per heavy atom. The fourth-order valence-corrected chi connectivity index (χ4v) is 3.06. The lowest BCUT2D eigenvalue weighted by Crippen LogP contribution is -2.34. The number of carbonyl (C=O) groups excluding carboxylic acids is 2. The van der Waals surface area contributed by atoms with Crippen LogP contribution in [-0.4, -0.2) is 29.8 Å². The quantitative estimate of drug-likeness (QED) is 0.769. The number of hydrogen-bond donors (Lipinski definition) is 1. The largest absolute Gasteiger partial charge is 0.351 e. The van der Waals surface area contributed by atoms with E-state index in [4.69, 9.17) is 0 Å². The lowest BCUT2D eigenvalue weighted by molar-refractivity contribution is -0.120. The van der Waals surface area contributed by atoms with Crippen molar-refractivity contribution in [1.82, 2.24) is 10.2 Å². The molecule has 1 N–H and O–H groups in total. The fourth-order valence-electron chi connectivity index (χ4n) is 3.06. The Morgan fingerprint density at radius 1 is 0.963 bits per heavy atom. The van der Waals surface area contributed by atoms with Crippen molar-refractivity contribution in [2.75, 3.05) is 13.1 Å². The van der Waals surface area contributed by atoms with Gasteiger partial charge in [-0.25, -0.2) is 0 Å². The molecule has 0 aliphatic heterocycles. The van der Waals surface area contributed by atoms with Crippen LogP contribution >= 0.6 is 0 Å². The molecule has 0 aromatic heterocycles. The van der Waals surface area contributed by atoms with Gasteiger partial charge in [-0.05, 0) is 51.8 Å². The maximum Gasteiger partial charge on any atom is 0.253 e. The van der Waals surface area contributed by atoms with Gasteiger partial charge in [0.2, 0.25) is 5.91 Å². The van der Waals surface area contributed by atoms with E-state index in [1.807, 2.05) is 38.1 Å². The van der Waals surface area contributed by atoms with Crippen LogP contribution in [-0.2, 0) is 11.2 Å². The van der Waals surface area contributed by atoms with Crippen molar-refractivity contribution in [1.29, 1.82) is 0 Å². The summed E-state index contributed by atoms with van der Waals surface area (Å²) in [5, 5.41) is 2.83. The third-order valence-corrected chi connectivity index (χ3v) is 4.46. The molecule has 0 aliphatic carbocycles. The van der Waals surface area contributed by atoms with Crippen LogP contribution in [0.4, 0.5) is 0 Å². The molecular formula is C23H29N2O2. The van der Waals surface area contributed by atoms with Crippen LogP contribution in [0, 0.1) is 27.3 Å². The lowest BCUT2D eigenvalue weighted by atomic mass is 10.1. The van der Waals surface area contributed by atoms with E-state index >= 15 is 0 Å². The number of benzene rings is 2. The van der Waals surface area contributed by atoms with Crippen molar-refractivity contribution in [2.45, 2.75) is 40.5 Å². The summed E-state index contributed by atoms with van der Waals surface area (Å²) in [5.74, 6) is -0.112. The molecule has 4 nitrogen and oxygen atoms in total. The first-order valence-corrected chi connectivity index (χ1v) is 9.43. The van der Waals surface area contributed by atoms with E-state index in [1.165, 1.54) is 16.7 Å². The van der Waals surface area contributed by atoms with Gasteiger partial charge in [-0.1, -0.05) is 47.0 Å². The number of aryl methyl sites for hydroxylation is 3. The zero-order valence-corrected chi connectivity index (χ0v) is 16.7. The van der Waals surface area contributed by atoms with Crippen LogP contribution in [0.1, 0.15) is 46.0 Å². The van der Waals surface area contributed by atoms with Crippen LogP contribution in [0.2, 0.25) is 0 Å². The molecule has 0 heterocycles. The number of nitrogens with zero attached hydrogens (tertiary/aromatic N) is 1. The molecule has 2 amide bonds. The van der Waals surface area contributed by atoms with E-state index in [1.54, 1.807) is 11.4 Å². The van der Waals surface area contributed by atoms with Crippen LogP contribution in [0.5, 0.6) is 0 Å². The van der Waals surface area contributed by atoms with Crippen molar-refractivity contribution in [3.63, 3.8) is 0 Å². The second-order valence-electron chi connectivity index (χ2n) is 6.97. The van der Waals surface area contributed by atoms with Crippen molar-refractivity contribution in [3.05, 3.63) is 76.8 Å². The standard InChI is InChI=1S/C23H29N2O2/c1-5-25(23(27)21-8-6-17(2)7-9-21)13-11-22(26)24-12-10-20-15-18(3)14-19(4)16-20/h6-9,12,14-16H,5,10-11,13H2,1-4H3,(H,24,26). The molecule has 2 rings (SSSR count). The van der Waals surface area contributed by atoms with Crippen LogP contribution in [0.3, 0.4) is 0 Å². The van der Waals surface area contributed by atoms with Crippen molar-refractivity contribution in [2.24, 2.45) is 0 Å². The number of nitrogens with one attached hydrogen (secondary N) is 1. The summed E-state index contributed by atoms with van der Waals surface area (Å²) >= 11 is 0. The van der Waals surface area contributed by atoms with Crippen LogP contribution in [0.15, 0.2) is 42.5 Å². The highest BCUT2D eigenvalue weighted by Crippen LogP contribution is 2.10. The first kappa shape index (κ1) is 20.7. The monoisotopic (exact) mass is 365 g/mol. The molecule has 0 saturated heterocycles. The van der Waals surface area contributed by atoms with Gasteiger partial charge in [0.25, 0.3) is 5.91 Å². The SMILES string of the molecule is CCN(CCC(=O)N[CH]Cc1cc(C)cc(C)c1)C(=O)c1ccc(C)cc1. The number of rotatable bonds is 8. The number of carbonyl (C=O) groups is 2. The van der Waals surface area contributed by atoms with Crippen LogP contribution in [0.25, 0.3) is 0 Å². The van der Waals surface area contributed by atoms with Crippen molar-refractivity contribution >= 4 is 11.8 Å². The Bertz CT molecular complexity index is 761. The van der Waals surface area contributed by atoms with E-state index in [2.05, 4.69) is 37.4 Å². The highest BCUT2D eigenvalue weighted by molar-refractivity contribution is 5.94. The summed E-state index contributed by atoms with van der Waals surface area (Å²) in [7, 11) is 0. The van der Waals surface area contributed by atoms with Gasteiger partial charge in [-0.3, -0.25) is 9.59 Å². The lowest BCUT2D eigenvalue weighted by Gasteiger charge is -2.20. The summed E-state index contributed by atoms with van der Waals surface area (Å²) in [6, 6.07) is 13.9. The molecule has 0 aliphatic rings. The number of hydrogen-bond acceptors (Lipinski definition) is 2. The van der Waals surface area contributed by atoms with Gasteiger partial charge in [0, 0.05) is 25.1 Å². The first-order chi connectivity index (χ1) is 12.9. The molecule has 27 heavy (non-hydrogen) atoms.